The van der Waals surface area contributed by atoms with Gasteiger partial charge in [-0.15, -0.1) is 11.3 Å². The molecule has 0 fully saturated rings. The van der Waals surface area contributed by atoms with Crippen molar-refractivity contribution < 1.29 is 4.74 Å². The molecule has 0 spiro atoms. The Labute approximate surface area is 95.9 Å². The summed E-state index contributed by atoms with van der Waals surface area (Å²) in [5.41, 5.74) is 1.16. The van der Waals surface area contributed by atoms with Gasteiger partial charge in [0.1, 0.15) is 0 Å². The highest BCUT2D eigenvalue weighted by Gasteiger charge is 2.11. The first-order valence-corrected chi connectivity index (χ1v) is 6.14. The third-order valence-corrected chi connectivity index (χ3v) is 3.45. The zero-order valence-corrected chi connectivity index (χ0v) is 10.8. The number of thiazole rings is 1. The predicted octanol–water partition coefficient (Wildman–Crippen LogP) is 1.93. The van der Waals surface area contributed by atoms with E-state index in [-0.39, 0.29) is 0 Å². The molecule has 1 N–H and O–H groups in total. The Morgan fingerprint density at radius 3 is 2.67 bits per heavy atom. The average molecular weight is 228 g/mol. The third-order valence-electron chi connectivity index (χ3n) is 2.35. The van der Waals surface area contributed by atoms with Crippen molar-refractivity contribution in [2.75, 3.05) is 20.3 Å². The summed E-state index contributed by atoms with van der Waals surface area (Å²) in [5.74, 6) is 0. The van der Waals surface area contributed by atoms with Crippen LogP contribution in [0.2, 0.25) is 0 Å². The molecule has 0 aliphatic rings. The van der Waals surface area contributed by atoms with Gasteiger partial charge >= 0.3 is 0 Å². The molecule has 0 amide bonds. The molecule has 1 heterocycles. The van der Waals surface area contributed by atoms with Crippen LogP contribution in [0.1, 0.15) is 22.5 Å². The van der Waals surface area contributed by atoms with Crippen molar-refractivity contribution in [3.8, 4) is 0 Å². The summed E-state index contributed by atoms with van der Waals surface area (Å²) in [6, 6.07) is 0.380. The van der Waals surface area contributed by atoms with Gasteiger partial charge in [-0.25, -0.2) is 4.98 Å². The monoisotopic (exact) mass is 228 g/mol. The van der Waals surface area contributed by atoms with E-state index in [1.165, 1.54) is 9.88 Å². The van der Waals surface area contributed by atoms with E-state index in [0.29, 0.717) is 6.04 Å². The molecule has 0 saturated carbocycles. The van der Waals surface area contributed by atoms with E-state index in [2.05, 4.69) is 31.1 Å². The number of methoxy groups -OCH3 is 1. The van der Waals surface area contributed by atoms with Gasteiger partial charge in [-0.2, -0.15) is 0 Å². The highest BCUT2D eigenvalue weighted by atomic mass is 32.1. The maximum Gasteiger partial charge on any atom is 0.0947 e. The zero-order valence-electron chi connectivity index (χ0n) is 9.96. The maximum atomic E-state index is 5.18. The summed E-state index contributed by atoms with van der Waals surface area (Å²) in [5, 5.41) is 4.60. The molecule has 15 heavy (non-hydrogen) atoms. The lowest BCUT2D eigenvalue weighted by atomic mass is 10.2. The fourth-order valence-electron chi connectivity index (χ4n) is 1.52. The molecule has 0 radical (unpaired) electrons. The van der Waals surface area contributed by atoms with Gasteiger partial charge in [-0.3, -0.25) is 0 Å². The van der Waals surface area contributed by atoms with E-state index in [9.17, 15) is 0 Å². The molecular formula is C11H20N2OS. The van der Waals surface area contributed by atoms with Crippen LogP contribution in [0.3, 0.4) is 0 Å². The second kappa shape index (κ2) is 6.20. The second-order valence-electron chi connectivity index (χ2n) is 3.66. The Morgan fingerprint density at radius 1 is 1.47 bits per heavy atom. The van der Waals surface area contributed by atoms with E-state index in [1.807, 2.05) is 0 Å². The molecule has 1 aromatic heterocycles. The minimum Gasteiger partial charge on any atom is -0.383 e. The topological polar surface area (TPSA) is 34.1 Å². The molecule has 3 nitrogen and oxygen atoms in total. The molecule has 0 aliphatic carbocycles. The molecule has 0 aliphatic heterocycles. The Kier molecular flexibility index (Phi) is 5.22. The number of rotatable bonds is 6. The minimum atomic E-state index is 0.380. The van der Waals surface area contributed by atoms with Gasteiger partial charge in [0.15, 0.2) is 0 Å². The second-order valence-corrected chi connectivity index (χ2v) is 4.95. The first kappa shape index (κ1) is 12.6. The van der Waals surface area contributed by atoms with Crippen molar-refractivity contribution in [1.82, 2.24) is 10.3 Å². The van der Waals surface area contributed by atoms with Gasteiger partial charge in [0.05, 0.1) is 17.3 Å². The number of nitrogens with one attached hydrogen (secondary N) is 1. The van der Waals surface area contributed by atoms with Gasteiger partial charge < -0.3 is 10.1 Å². The highest BCUT2D eigenvalue weighted by Crippen LogP contribution is 2.17. The quantitative estimate of drug-likeness (QED) is 0.808. The van der Waals surface area contributed by atoms with Crippen LogP contribution in [0, 0.1) is 13.8 Å². The molecule has 0 saturated heterocycles. The van der Waals surface area contributed by atoms with Gasteiger partial charge in [0, 0.05) is 24.4 Å². The maximum absolute atomic E-state index is 5.18. The third kappa shape index (κ3) is 3.89. The van der Waals surface area contributed by atoms with E-state index in [1.54, 1.807) is 18.4 Å². The number of aromatic nitrogens is 1. The van der Waals surface area contributed by atoms with Crippen LogP contribution in [0.4, 0.5) is 0 Å². The van der Waals surface area contributed by atoms with Crippen molar-refractivity contribution in [3.63, 3.8) is 0 Å². The van der Waals surface area contributed by atoms with E-state index in [4.69, 9.17) is 4.74 Å². The molecule has 1 aromatic rings. The van der Waals surface area contributed by atoms with E-state index >= 15 is 0 Å². The molecule has 1 rings (SSSR count). The van der Waals surface area contributed by atoms with Gasteiger partial charge in [-0.1, -0.05) is 6.92 Å². The normalized spacial score (nSPS) is 13.1. The Balaban J connectivity index is 2.56. The minimum absolute atomic E-state index is 0.380. The van der Waals surface area contributed by atoms with Crippen LogP contribution in [0.15, 0.2) is 0 Å². The number of aryl methyl sites for hydroxylation is 2. The summed E-state index contributed by atoms with van der Waals surface area (Å²) in [6.45, 7) is 8.01. The Morgan fingerprint density at radius 2 is 2.20 bits per heavy atom. The molecule has 0 aromatic carbocycles. The standard InChI is InChI=1S/C11H20N2OS/c1-5-12-10(7-14-4)6-11-13-8(2)9(3)15-11/h10,12H,5-7H2,1-4H3. The number of nitrogens with zero attached hydrogens (tertiary/aromatic N) is 1. The fraction of sp³-hybridized carbons (Fsp3) is 0.727. The van der Waals surface area contributed by atoms with E-state index in [0.717, 1.165) is 25.3 Å². The van der Waals surface area contributed by atoms with Crippen LogP contribution < -0.4 is 5.32 Å². The van der Waals surface area contributed by atoms with Crippen LogP contribution in [0.25, 0.3) is 0 Å². The van der Waals surface area contributed by atoms with Crippen LogP contribution in [-0.2, 0) is 11.2 Å². The molecule has 86 valence electrons. The summed E-state index contributed by atoms with van der Waals surface area (Å²) in [7, 11) is 1.74. The highest BCUT2D eigenvalue weighted by molar-refractivity contribution is 7.11. The van der Waals surface area contributed by atoms with Crippen LogP contribution in [-0.4, -0.2) is 31.3 Å². The lowest BCUT2D eigenvalue weighted by molar-refractivity contribution is 0.167. The zero-order chi connectivity index (χ0) is 11.3. The van der Waals surface area contributed by atoms with Crippen molar-refractivity contribution >= 4 is 11.3 Å². The number of likely N-dealkylation sites (N-methyl/N-ethyl adjacent to an activating group) is 1. The summed E-state index contributed by atoms with van der Waals surface area (Å²) in [6.07, 6.45) is 0.959. The summed E-state index contributed by atoms with van der Waals surface area (Å²) >= 11 is 1.79. The first-order chi connectivity index (χ1) is 7.17. The number of hydrogen-bond donors (Lipinski definition) is 1. The van der Waals surface area contributed by atoms with E-state index < -0.39 is 0 Å². The molecule has 0 bridgehead atoms. The molecule has 1 unspecified atom stereocenters. The first-order valence-electron chi connectivity index (χ1n) is 5.32. The summed E-state index contributed by atoms with van der Waals surface area (Å²) in [4.78, 5) is 5.85. The Hall–Kier alpha value is -0.450. The lowest BCUT2D eigenvalue weighted by Crippen LogP contribution is -2.34. The lowest BCUT2D eigenvalue weighted by Gasteiger charge is -2.14. The van der Waals surface area contributed by atoms with Crippen LogP contribution >= 0.6 is 11.3 Å². The molecule has 4 heteroatoms. The number of hydrogen-bond acceptors (Lipinski definition) is 4. The smallest absolute Gasteiger partial charge is 0.0947 e. The van der Waals surface area contributed by atoms with Crippen molar-refractivity contribution in [3.05, 3.63) is 15.6 Å². The van der Waals surface area contributed by atoms with Gasteiger partial charge in [-0.05, 0) is 20.4 Å². The van der Waals surface area contributed by atoms with Crippen LogP contribution in [0.5, 0.6) is 0 Å². The van der Waals surface area contributed by atoms with Gasteiger partial charge in [0.2, 0.25) is 0 Å². The van der Waals surface area contributed by atoms with Gasteiger partial charge in [0.25, 0.3) is 0 Å². The molecular weight excluding hydrogens is 208 g/mol. The SMILES string of the molecule is CCNC(COC)Cc1nc(C)c(C)s1. The largest absolute Gasteiger partial charge is 0.383 e. The van der Waals surface area contributed by atoms with Crippen molar-refractivity contribution in [2.24, 2.45) is 0 Å². The predicted molar refractivity (Wildman–Crippen MR) is 64.6 cm³/mol. The summed E-state index contributed by atoms with van der Waals surface area (Å²) < 4.78 is 5.18. The Bertz CT molecular complexity index is 273. The fourth-order valence-corrected chi connectivity index (χ4v) is 2.53. The molecule has 1 atom stereocenters. The average Bonchev–Trinajstić information content (AvgIpc) is 2.47. The van der Waals surface area contributed by atoms with Crippen molar-refractivity contribution in [2.45, 2.75) is 33.2 Å². The van der Waals surface area contributed by atoms with Crippen molar-refractivity contribution in [1.29, 1.82) is 0 Å². The number of ether oxygens (including phenoxy) is 1.